The molecule has 0 heterocycles. The maximum absolute atomic E-state index is 11.5. The Hall–Kier alpha value is -0.840. The van der Waals surface area contributed by atoms with E-state index >= 15 is 0 Å². The summed E-state index contributed by atoms with van der Waals surface area (Å²) < 4.78 is 0. The molecule has 15 heavy (non-hydrogen) atoms. The average molecular weight is 205 g/mol. The molecule has 0 N–H and O–H groups in total. The Balaban J connectivity index is 2.35. The van der Waals surface area contributed by atoms with Gasteiger partial charge in [0, 0.05) is 12.8 Å². The Bertz CT molecular complexity index is 326. The first-order chi connectivity index (χ1) is 7.00. The van der Waals surface area contributed by atoms with Crippen LogP contribution in [0.4, 0.5) is 0 Å². The van der Waals surface area contributed by atoms with E-state index in [1.54, 1.807) is 0 Å². The molecular weight excluding hydrogens is 186 g/mol. The summed E-state index contributed by atoms with van der Waals surface area (Å²) in [5.41, 5.74) is -0.0776. The minimum Gasteiger partial charge on any atom is -0.300 e. The number of hydrogen-bond acceptors (Lipinski definition) is 2. The fourth-order valence-electron chi connectivity index (χ4n) is 3.75. The quantitative estimate of drug-likeness (QED) is 0.609. The second kappa shape index (κ2) is 3.33. The fourth-order valence-corrected chi connectivity index (χ4v) is 3.75. The van der Waals surface area contributed by atoms with Crippen molar-refractivity contribution in [3.05, 3.63) is 0 Å². The topological polar surface area (TPSA) is 40.9 Å². The highest BCUT2D eigenvalue weighted by Crippen LogP contribution is 2.56. The zero-order valence-corrected chi connectivity index (χ0v) is 9.68. The van der Waals surface area contributed by atoms with Crippen LogP contribution in [-0.4, -0.2) is 5.78 Å². The van der Waals surface area contributed by atoms with Gasteiger partial charge in [0.05, 0.1) is 11.5 Å². The largest absolute Gasteiger partial charge is 0.300 e. The summed E-state index contributed by atoms with van der Waals surface area (Å²) in [5, 5.41) is 9.42. The first-order valence-electron chi connectivity index (χ1n) is 5.93. The molecule has 2 atom stereocenters. The predicted molar refractivity (Wildman–Crippen MR) is 58.0 cm³/mol. The maximum atomic E-state index is 11.5. The maximum Gasteiger partial charge on any atom is 0.134 e. The van der Waals surface area contributed by atoms with E-state index in [1.165, 1.54) is 6.42 Å². The molecule has 2 fully saturated rings. The van der Waals surface area contributed by atoms with E-state index in [0.29, 0.717) is 24.5 Å². The average Bonchev–Trinajstić information content (AvgIpc) is 2.16. The molecule has 0 aromatic heterocycles. The fraction of sp³-hybridized carbons (Fsp3) is 0.846. The molecule has 0 bridgehead atoms. The van der Waals surface area contributed by atoms with Gasteiger partial charge in [-0.1, -0.05) is 20.3 Å². The van der Waals surface area contributed by atoms with Crippen molar-refractivity contribution in [1.82, 2.24) is 0 Å². The Morgan fingerprint density at radius 1 is 1.40 bits per heavy atom. The van der Waals surface area contributed by atoms with Gasteiger partial charge in [0.1, 0.15) is 5.78 Å². The molecule has 82 valence electrons. The second-order valence-corrected chi connectivity index (χ2v) is 5.92. The molecule has 0 saturated heterocycles. The molecule has 2 aliphatic carbocycles. The summed E-state index contributed by atoms with van der Waals surface area (Å²) in [5.74, 6) is 0.729. The molecule has 2 saturated carbocycles. The summed E-state index contributed by atoms with van der Waals surface area (Å²) in [4.78, 5) is 11.5. The second-order valence-electron chi connectivity index (χ2n) is 5.92. The van der Waals surface area contributed by atoms with E-state index in [1.807, 2.05) is 0 Å². The van der Waals surface area contributed by atoms with Gasteiger partial charge in [-0.25, -0.2) is 0 Å². The van der Waals surface area contributed by atoms with Crippen LogP contribution in [-0.2, 0) is 4.79 Å². The number of ketones is 1. The normalized spacial score (nSPS) is 39.3. The molecule has 0 aromatic carbocycles. The molecule has 0 radical (unpaired) electrons. The van der Waals surface area contributed by atoms with Crippen LogP contribution in [0.5, 0.6) is 0 Å². The number of fused-ring (bicyclic) bond motifs is 1. The standard InChI is InChI=1S/C13H19NO/c1-12(2)6-3-7-13(9-14)8-10(15)4-5-11(12)13/h11H,3-8H2,1-2H3/t11-,13?/m0/s1. The molecule has 2 rings (SSSR count). The third-order valence-corrected chi connectivity index (χ3v) is 4.50. The molecule has 2 aliphatic rings. The molecule has 2 heteroatoms. The number of Topliss-reactive ketones (excluding diaryl/α,β-unsaturated/α-hetero) is 1. The van der Waals surface area contributed by atoms with Crippen LogP contribution >= 0.6 is 0 Å². The van der Waals surface area contributed by atoms with Crippen LogP contribution in [0.3, 0.4) is 0 Å². The molecule has 2 nitrogen and oxygen atoms in total. The Morgan fingerprint density at radius 2 is 2.13 bits per heavy atom. The van der Waals surface area contributed by atoms with Crippen molar-refractivity contribution in [2.24, 2.45) is 16.7 Å². The molecular formula is C13H19NO. The minimum atomic E-state index is -0.322. The van der Waals surface area contributed by atoms with Crippen LogP contribution < -0.4 is 0 Å². The van der Waals surface area contributed by atoms with Crippen LogP contribution in [0.15, 0.2) is 0 Å². The third kappa shape index (κ3) is 1.58. The molecule has 0 aromatic rings. The van der Waals surface area contributed by atoms with E-state index in [-0.39, 0.29) is 10.8 Å². The Labute approximate surface area is 91.7 Å². The van der Waals surface area contributed by atoms with E-state index in [4.69, 9.17) is 0 Å². The smallest absolute Gasteiger partial charge is 0.134 e. The van der Waals surface area contributed by atoms with Crippen molar-refractivity contribution < 1.29 is 4.79 Å². The number of carbonyl (C=O) groups is 1. The Morgan fingerprint density at radius 3 is 2.80 bits per heavy atom. The minimum absolute atomic E-state index is 0.245. The van der Waals surface area contributed by atoms with Gasteiger partial charge < -0.3 is 0 Å². The van der Waals surface area contributed by atoms with Crippen LogP contribution in [0.1, 0.15) is 52.4 Å². The van der Waals surface area contributed by atoms with Gasteiger partial charge in [-0.05, 0) is 30.6 Å². The van der Waals surface area contributed by atoms with Crippen molar-refractivity contribution in [3.63, 3.8) is 0 Å². The van der Waals surface area contributed by atoms with Crippen LogP contribution in [0, 0.1) is 28.1 Å². The monoisotopic (exact) mass is 205 g/mol. The highest BCUT2D eigenvalue weighted by atomic mass is 16.1. The van der Waals surface area contributed by atoms with Crippen molar-refractivity contribution in [1.29, 1.82) is 5.26 Å². The highest BCUT2D eigenvalue weighted by Gasteiger charge is 2.52. The van der Waals surface area contributed by atoms with Gasteiger partial charge in [-0.15, -0.1) is 0 Å². The van der Waals surface area contributed by atoms with E-state index in [2.05, 4.69) is 19.9 Å². The van der Waals surface area contributed by atoms with Crippen LogP contribution in [0.25, 0.3) is 0 Å². The summed E-state index contributed by atoms with van der Waals surface area (Å²) in [6, 6.07) is 2.48. The van der Waals surface area contributed by atoms with Crippen molar-refractivity contribution in [2.45, 2.75) is 52.4 Å². The summed E-state index contributed by atoms with van der Waals surface area (Å²) >= 11 is 0. The lowest BCUT2D eigenvalue weighted by Crippen LogP contribution is -2.47. The number of nitrogens with zero attached hydrogens (tertiary/aromatic N) is 1. The van der Waals surface area contributed by atoms with Gasteiger partial charge >= 0.3 is 0 Å². The van der Waals surface area contributed by atoms with Gasteiger partial charge in [-0.2, -0.15) is 5.26 Å². The number of rotatable bonds is 0. The van der Waals surface area contributed by atoms with Crippen molar-refractivity contribution in [2.75, 3.05) is 0 Å². The number of hydrogen-bond donors (Lipinski definition) is 0. The summed E-state index contributed by atoms with van der Waals surface area (Å²) in [6.45, 7) is 4.53. The van der Waals surface area contributed by atoms with Gasteiger partial charge in [0.25, 0.3) is 0 Å². The molecule has 0 aliphatic heterocycles. The predicted octanol–water partition coefficient (Wildman–Crippen LogP) is 3.08. The lowest BCUT2D eigenvalue weighted by molar-refractivity contribution is -0.128. The van der Waals surface area contributed by atoms with Crippen LogP contribution in [0.2, 0.25) is 0 Å². The Kier molecular flexibility index (Phi) is 2.37. The van der Waals surface area contributed by atoms with E-state index in [9.17, 15) is 10.1 Å². The summed E-state index contributed by atoms with van der Waals surface area (Å²) in [7, 11) is 0. The SMILES string of the molecule is CC1(C)CCCC2(C#N)CC(=O)CC[C@@H]12. The molecule has 0 spiro atoms. The third-order valence-electron chi connectivity index (χ3n) is 4.50. The summed E-state index contributed by atoms with van der Waals surface area (Å²) in [6.07, 6.45) is 5.37. The zero-order chi connectivity index (χ0) is 11.1. The van der Waals surface area contributed by atoms with Gasteiger partial charge in [-0.3, -0.25) is 4.79 Å². The number of nitriles is 1. The number of carbonyl (C=O) groups excluding carboxylic acids is 1. The zero-order valence-electron chi connectivity index (χ0n) is 9.68. The van der Waals surface area contributed by atoms with Gasteiger partial charge in [0.2, 0.25) is 0 Å². The molecule has 0 amide bonds. The van der Waals surface area contributed by atoms with Crippen molar-refractivity contribution in [3.8, 4) is 6.07 Å². The van der Waals surface area contributed by atoms with Crippen molar-refractivity contribution >= 4 is 5.78 Å². The van der Waals surface area contributed by atoms with E-state index in [0.717, 1.165) is 19.3 Å². The lowest BCUT2D eigenvalue weighted by atomic mass is 9.51. The first-order valence-corrected chi connectivity index (χ1v) is 5.93. The lowest BCUT2D eigenvalue weighted by Gasteiger charge is -2.51. The van der Waals surface area contributed by atoms with Gasteiger partial charge in [0.15, 0.2) is 0 Å². The first kappa shape index (κ1) is 10.7. The highest BCUT2D eigenvalue weighted by molar-refractivity contribution is 5.80. The molecule has 1 unspecified atom stereocenters. The van der Waals surface area contributed by atoms with E-state index < -0.39 is 0 Å².